The van der Waals surface area contributed by atoms with Crippen molar-refractivity contribution < 1.29 is 13.5 Å². The Kier molecular flexibility index (Phi) is 6.22. The number of pyridine rings is 1. The van der Waals surface area contributed by atoms with E-state index >= 15 is 0 Å². The zero-order valence-electron chi connectivity index (χ0n) is 21.9. The minimum atomic E-state index is -3.64. The van der Waals surface area contributed by atoms with Crippen molar-refractivity contribution in [3.8, 4) is 0 Å². The number of aromatic amines is 1. The number of sulfone groups is 1. The normalized spacial score (nSPS) is 26.5. The first-order valence-electron chi connectivity index (χ1n) is 13.7. The highest BCUT2D eigenvalue weighted by atomic mass is 32.2. The third kappa shape index (κ3) is 3.67. The molecular weight excluding hydrogens is 502 g/mol. The van der Waals surface area contributed by atoms with Gasteiger partial charge in [0.15, 0.2) is 15.7 Å². The number of nitrogens with zero attached hydrogens (tertiary/aromatic N) is 3. The maximum atomic E-state index is 13.5. The molecule has 1 aliphatic heterocycles. The molecule has 1 spiro atoms. The average Bonchev–Trinajstić information content (AvgIpc) is 3.37. The van der Waals surface area contributed by atoms with Gasteiger partial charge in [-0.25, -0.2) is 8.42 Å². The van der Waals surface area contributed by atoms with Crippen LogP contribution in [0.3, 0.4) is 0 Å². The highest BCUT2D eigenvalue weighted by molar-refractivity contribution is 7.93. The van der Waals surface area contributed by atoms with Crippen LogP contribution in [0.1, 0.15) is 82.4 Å². The number of aromatic nitrogens is 3. The van der Waals surface area contributed by atoms with Crippen molar-refractivity contribution in [3.05, 3.63) is 46.4 Å². The molecule has 3 unspecified atom stereocenters. The van der Waals surface area contributed by atoms with Crippen LogP contribution in [0.4, 0.5) is 11.5 Å². The summed E-state index contributed by atoms with van der Waals surface area (Å²) in [7, 11) is -1.82. The molecule has 3 aliphatic rings. The molecule has 3 atom stereocenters. The van der Waals surface area contributed by atoms with E-state index in [0.717, 1.165) is 56.2 Å². The summed E-state index contributed by atoms with van der Waals surface area (Å²) in [6.07, 6.45) is 8.31. The average molecular weight is 538 g/mol. The largest absolute Gasteiger partial charge is 0.387 e. The minimum Gasteiger partial charge on any atom is -0.387 e. The van der Waals surface area contributed by atoms with Gasteiger partial charge in [-0.1, -0.05) is 32.1 Å². The predicted octanol–water partition coefficient (Wildman–Crippen LogP) is 4.81. The summed E-state index contributed by atoms with van der Waals surface area (Å²) in [4.78, 5) is 20.4. The van der Waals surface area contributed by atoms with Gasteiger partial charge >= 0.3 is 0 Å². The zero-order valence-corrected chi connectivity index (χ0v) is 22.7. The Balaban J connectivity index is 1.41. The van der Waals surface area contributed by atoms with Crippen LogP contribution in [0.2, 0.25) is 0 Å². The Hall–Kier alpha value is -2.98. The molecule has 2 fully saturated rings. The summed E-state index contributed by atoms with van der Waals surface area (Å²) in [6, 6.07) is 6.96. The molecule has 202 valence electrons. The third-order valence-corrected chi connectivity index (χ3v) is 11.8. The van der Waals surface area contributed by atoms with E-state index in [1.807, 2.05) is 17.8 Å². The molecule has 2 aromatic heterocycles. The first kappa shape index (κ1) is 25.3. The van der Waals surface area contributed by atoms with E-state index in [1.165, 1.54) is 0 Å². The van der Waals surface area contributed by atoms with Crippen LogP contribution in [0.5, 0.6) is 0 Å². The van der Waals surface area contributed by atoms with Crippen LogP contribution >= 0.6 is 0 Å². The number of hydrogen-bond acceptors (Lipinski definition) is 7. The Morgan fingerprint density at radius 3 is 2.68 bits per heavy atom. The van der Waals surface area contributed by atoms with Gasteiger partial charge in [0.1, 0.15) is 16.2 Å². The van der Waals surface area contributed by atoms with E-state index in [4.69, 9.17) is 5.10 Å². The minimum absolute atomic E-state index is 0.0884. The highest BCUT2D eigenvalue weighted by Gasteiger charge is 2.57. The number of aliphatic hydroxyl groups is 1. The molecule has 1 aromatic carbocycles. The van der Waals surface area contributed by atoms with Crippen molar-refractivity contribution in [1.82, 2.24) is 14.8 Å². The fraction of sp³-hybridized carbons (Fsp3) is 0.536. The number of rotatable bonds is 4. The maximum Gasteiger partial charge on any atom is 0.261 e. The summed E-state index contributed by atoms with van der Waals surface area (Å²) in [5, 5.41) is 19.9. The topological polar surface area (TPSA) is 129 Å². The molecule has 0 saturated heterocycles. The van der Waals surface area contributed by atoms with E-state index in [1.54, 1.807) is 24.4 Å². The van der Waals surface area contributed by atoms with E-state index in [-0.39, 0.29) is 22.4 Å². The van der Waals surface area contributed by atoms with Gasteiger partial charge in [0.25, 0.3) is 5.56 Å². The van der Waals surface area contributed by atoms with E-state index in [0.29, 0.717) is 35.3 Å². The van der Waals surface area contributed by atoms with E-state index in [9.17, 15) is 18.3 Å². The Morgan fingerprint density at radius 2 is 1.92 bits per heavy atom. The van der Waals surface area contributed by atoms with Crippen molar-refractivity contribution in [2.75, 3.05) is 12.4 Å². The molecule has 38 heavy (non-hydrogen) atoms. The molecule has 3 heterocycles. The fourth-order valence-corrected chi connectivity index (χ4v) is 9.47. The van der Waals surface area contributed by atoms with Gasteiger partial charge in [-0.05, 0) is 56.9 Å². The molecular formula is C28H35N5O4S. The van der Waals surface area contributed by atoms with Crippen molar-refractivity contribution in [1.29, 1.82) is 0 Å². The van der Waals surface area contributed by atoms with Crippen LogP contribution < -0.4 is 10.9 Å². The maximum absolute atomic E-state index is 13.5. The number of hydrogen-bond donors (Lipinski definition) is 3. The van der Waals surface area contributed by atoms with Crippen LogP contribution in [-0.4, -0.2) is 45.8 Å². The van der Waals surface area contributed by atoms with Crippen LogP contribution in [0.15, 0.2) is 45.1 Å². The molecule has 2 aliphatic carbocycles. The van der Waals surface area contributed by atoms with Crippen molar-refractivity contribution in [2.45, 2.75) is 86.5 Å². The van der Waals surface area contributed by atoms with Crippen LogP contribution in [0, 0.1) is 5.92 Å². The Morgan fingerprint density at radius 1 is 1.16 bits per heavy atom. The molecule has 0 radical (unpaired) electrons. The summed E-state index contributed by atoms with van der Waals surface area (Å²) in [6.45, 7) is 2.06. The lowest BCUT2D eigenvalue weighted by Gasteiger charge is -2.35. The smallest absolute Gasteiger partial charge is 0.261 e. The second-order valence-corrected chi connectivity index (χ2v) is 13.4. The summed E-state index contributed by atoms with van der Waals surface area (Å²) in [5.41, 5.74) is 2.61. The predicted molar refractivity (Wildman–Crippen MR) is 148 cm³/mol. The standard InChI is InChI=1S/C28H35N5O4S/c1-17(29-2)19-8-4-5-9-21(19)33-22-12-15-30-27(35)24(22)26(32-33)31-18-10-11-23-20(16-18)25(34)28(38(23,36)37)13-6-3-7-14-28/h10-12,15-16,19,21,25,34H,3-9,13-14H2,1-2H3,(H,30,35)(H,31,32). The lowest BCUT2D eigenvalue weighted by molar-refractivity contribution is 0.107. The van der Waals surface area contributed by atoms with Crippen molar-refractivity contribution in [2.24, 2.45) is 10.9 Å². The summed E-state index contributed by atoms with van der Waals surface area (Å²) >= 11 is 0. The van der Waals surface area contributed by atoms with Crippen molar-refractivity contribution in [3.63, 3.8) is 0 Å². The van der Waals surface area contributed by atoms with E-state index < -0.39 is 20.7 Å². The third-order valence-electron chi connectivity index (χ3n) is 9.15. The molecule has 0 bridgehead atoms. The van der Waals surface area contributed by atoms with Crippen molar-refractivity contribution >= 4 is 38.0 Å². The number of H-pyrrole nitrogens is 1. The number of fused-ring (bicyclic) bond motifs is 2. The SMILES string of the molecule is CN=C(C)C1CCCCC1n1nc(Nc2ccc3c(c2)C(O)C2(CCCCC2)S3(=O)=O)c2c(=O)[nH]ccc21. The van der Waals surface area contributed by atoms with Gasteiger partial charge in [-0.3, -0.25) is 14.5 Å². The molecule has 6 rings (SSSR count). The molecule has 9 nitrogen and oxygen atoms in total. The Labute approximate surface area is 222 Å². The molecule has 0 amide bonds. The van der Waals surface area contributed by atoms with Gasteiger partial charge < -0.3 is 15.4 Å². The highest BCUT2D eigenvalue weighted by Crippen LogP contribution is 2.54. The second-order valence-electron chi connectivity index (χ2n) is 11.1. The Bertz CT molecular complexity index is 1580. The van der Waals surface area contributed by atoms with Gasteiger partial charge in [0.2, 0.25) is 0 Å². The number of anilines is 2. The lowest BCUT2D eigenvalue weighted by atomic mass is 9.81. The fourth-order valence-electron chi connectivity index (χ4n) is 7.06. The monoisotopic (exact) mass is 537 g/mol. The molecule has 10 heteroatoms. The number of aliphatic imine (C=N–C) groups is 1. The number of benzene rings is 1. The zero-order chi connectivity index (χ0) is 26.7. The molecule has 3 aromatic rings. The number of nitrogens with one attached hydrogen (secondary N) is 2. The van der Waals surface area contributed by atoms with Gasteiger partial charge in [-0.2, -0.15) is 5.10 Å². The molecule has 2 saturated carbocycles. The van der Waals surface area contributed by atoms with Gasteiger partial charge in [0, 0.05) is 36.1 Å². The van der Waals surface area contributed by atoms with Gasteiger partial charge in [0.05, 0.1) is 16.5 Å². The first-order chi connectivity index (χ1) is 18.3. The lowest BCUT2D eigenvalue weighted by Crippen LogP contribution is -2.41. The van der Waals surface area contributed by atoms with E-state index in [2.05, 4.69) is 22.2 Å². The first-order valence-corrected chi connectivity index (χ1v) is 15.1. The van der Waals surface area contributed by atoms with Crippen LogP contribution in [0.25, 0.3) is 10.9 Å². The summed E-state index contributed by atoms with van der Waals surface area (Å²) < 4.78 is 27.8. The van der Waals surface area contributed by atoms with Crippen LogP contribution in [-0.2, 0) is 9.84 Å². The van der Waals surface area contributed by atoms with Gasteiger partial charge in [-0.15, -0.1) is 0 Å². The summed E-state index contributed by atoms with van der Waals surface area (Å²) in [5.74, 6) is 0.663. The second kappa shape index (κ2) is 9.34. The quantitative estimate of drug-likeness (QED) is 0.410. The molecule has 3 N–H and O–H groups in total. The number of aliphatic hydroxyl groups excluding tert-OH is 1.